The van der Waals surface area contributed by atoms with E-state index in [2.05, 4.69) is 10.3 Å². The SMILES string of the molecule is COc1cc([C@H]2c3sc(=O)[nH]c3SC3C4CC(C5C(=O)N(c6ccc(C)cc6)C(=O)C45)C32)ccc1OCC(=O)Nc1ccc(S(N)(=O)=O)cc1. The fraction of sp³-hybridized carbons (Fsp3) is 0.314. The van der Waals surface area contributed by atoms with Crippen molar-refractivity contribution in [3.05, 3.63) is 92.4 Å². The number of carbonyl (C=O) groups excluding carboxylic acids is 3. The Bertz CT molecular complexity index is 2220. The van der Waals surface area contributed by atoms with E-state index in [9.17, 15) is 27.6 Å². The number of nitrogens with one attached hydrogen (secondary N) is 2. The smallest absolute Gasteiger partial charge is 0.305 e. The van der Waals surface area contributed by atoms with Gasteiger partial charge in [-0.15, -0.1) is 11.8 Å². The number of aromatic nitrogens is 1. The Morgan fingerprint density at radius 2 is 1.68 bits per heavy atom. The van der Waals surface area contributed by atoms with Crippen LogP contribution in [0.2, 0.25) is 0 Å². The average molecular weight is 733 g/mol. The van der Waals surface area contributed by atoms with Crippen molar-refractivity contribution in [3.8, 4) is 11.5 Å². The first-order valence-corrected chi connectivity index (χ1v) is 19.2. The monoisotopic (exact) mass is 732 g/mol. The van der Waals surface area contributed by atoms with Gasteiger partial charge in [-0.3, -0.25) is 24.1 Å². The number of hydrogen-bond donors (Lipinski definition) is 3. The molecule has 4 N–H and O–H groups in total. The number of fused-ring (bicyclic) bond motifs is 9. The molecule has 2 aliphatic heterocycles. The number of nitrogens with zero attached hydrogens (tertiary/aromatic N) is 1. The van der Waals surface area contributed by atoms with Gasteiger partial charge in [0.15, 0.2) is 18.1 Å². The summed E-state index contributed by atoms with van der Waals surface area (Å²) in [5, 5.41) is 8.63. The van der Waals surface area contributed by atoms with E-state index in [1.54, 1.807) is 17.8 Å². The lowest BCUT2D eigenvalue weighted by atomic mass is 9.68. The summed E-state index contributed by atoms with van der Waals surface area (Å²) in [6.07, 6.45) is 0.769. The molecule has 2 aliphatic carbocycles. The molecule has 3 amide bonds. The maximum absolute atomic E-state index is 14.0. The number of primary sulfonamides is 1. The fourth-order valence-electron chi connectivity index (χ4n) is 8.40. The molecule has 4 aliphatic rings. The van der Waals surface area contributed by atoms with Crippen LogP contribution in [-0.4, -0.2) is 50.1 Å². The van der Waals surface area contributed by atoms with Crippen molar-refractivity contribution in [2.45, 2.75) is 34.4 Å². The molecular formula is C35H32N4O8S3. The Labute approximate surface area is 295 Å². The van der Waals surface area contributed by atoms with Gasteiger partial charge in [-0.2, -0.15) is 0 Å². The van der Waals surface area contributed by atoms with Crippen LogP contribution in [0, 0.1) is 36.5 Å². The Morgan fingerprint density at radius 1 is 0.980 bits per heavy atom. The number of imide groups is 1. The molecule has 6 unspecified atom stereocenters. The van der Waals surface area contributed by atoms with Gasteiger partial charge in [0.25, 0.3) is 5.91 Å². The van der Waals surface area contributed by atoms with Crippen LogP contribution in [0.3, 0.4) is 0 Å². The first-order chi connectivity index (χ1) is 23.9. The average Bonchev–Trinajstić information content (AvgIpc) is 3.83. The van der Waals surface area contributed by atoms with Crippen LogP contribution < -0.4 is 29.7 Å². The van der Waals surface area contributed by atoms with Crippen LogP contribution in [0.25, 0.3) is 0 Å². The number of amides is 3. The number of rotatable bonds is 8. The third-order valence-corrected chi connectivity index (χ3v) is 13.9. The second-order valence-corrected chi connectivity index (χ2v) is 16.9. The molecule has 4 aromatic rings. The lowest BCUT2D eigenvalue weighted by Gasteiger charge is -2.43. The molecule has 1 saturated heterocycles. The lowest BCUT2D eigenvalue weighted by Crippen LogP contribution is -2.42. The van der Waals surface area contributed by atoms with E-state index in [1.807, 2.05) is 43.3 Å². The van der Waals surface area contributed by atoms with Crippen molar-refractivity contribution >= 4 is 62.2 Å². The van der Waals surface area contributed by atoms with E-state index in [1.165, 1.54) is 47.6 Å². The van der Waals surface area contributed by atoms with Gasteiger partial charge in [-0.05, 0) is 85.2 Å². The first kappa shape index (κ1) is 32.7. The quantitative estimate of drug-likeness (QED) is 0.225. The van der Waals surface area contributed by atoms with Gasteiger partial charge < -0.3 is 19.8 Å². The van der Waals surface area contributed by atoms with Crippen LogP contribution in [0.5, 0.6) is 11.5 Å². The first-order valence-electron chi connectivity index (χ1n) is 16.0. The van der Waals surface area contributed by atoms with Crippen LogP contribution in [0.1, 0.15) is 28.3 Å². The van der Waals surface area contributed by atoms with Crippen LogP contribution >= 0.6 is 23.1 Å². The minimum absolute atomic E-state index is 0.00261. The number of H-pyrrole nitrogens is 1. The number of aromatic amines is 1. The molecule has 1 aromatic heterocycles. The lowest BCUT2D eigenvalue weighted by molar-refractivity contribution is -0.123. The Kier molecular flexibility index (Phi) is 7.93. The third kappa shape index (κ3) is 5.34. The van der Waals surface area contributed by atoms with Gasteiger partial charge in [0.2, 0.25) is 21.8 Å². The number of sulfonamides is 1. The Balaban J connectivity index is 1.06. The van der Waals surface area contributed by atoms with Gasteiger partial charge in [0.05, 0.1) is 34.6 Å². The maximum atomic E-state index is 14.0. The van der Waals surface area contributed by atoms with Crippen molar-refractivity contribution < 1.29 is 32.3 Å². The summed E-state index contributed by atoms with van der Waals surface area (Å²) in [7, 11) is -2.36. The van der Waals surface area contributed by atoms with Gasteiger partial charge in [-0.1, -0.05) is 35.1 Å². The second kappa shape index (κ2) is 12.1. The van der Waals surface area contributed by atoms with Crippen LogP contribution in [0.4, 0.5) is 11.4 Å². The summed E-state index contributed by atoms with van der Waals surface area (Å²) in [5.74, 6) is -1.12. The third-order valence-electron chi connectivity index (χ3n) is 10.4. The zero-order valence-corrected chi connectivity index (χ0v) is 29.3. The number of benzene rings is 3. The molecule has 12 nitrogen and oxygen atoms in total. The number of ether oxygens (including phenoxy) is 2. The zero-order valence-electron chi connectivity index (χ0n) is 26.8. The van der Waals surface area contributed by atoms with E-state index in [4.69, 9.17) is 14.6 Å². The van der Waals surface area contributed by atoms with Crippen molar-refractivity contribution in [2.24, 2.45) is 34.7 Å². The number of methoxy groups -OCH3 is 1. The molecule has 258 valence electrons. The summed E-state index contributed by atoms with van der Waals surface area (Å²) in [6.45, 7) is 1.62. The van der Waals surface area contributed by atoms with Crippen molar-refractivity contribution in [1.29, 1.82) is 0 Å². The van der Waals surface area contributed by atoms with Gasteiger partial charge in [0.1, 0.15) is 0 Å². The van der Waals surface area contributed by atoms with E-state index in [0.717, 1.165) is 27.5 Å². The molecule has 2 bridgehead atoms. The highest BCUT2D eigenvalue weighted by Crippen LogP contribution is 2.68. The number of hydrogen-bond acceptors (Lipinski definition) is 10. The topological polar surface area (TPSA) is 178 Å². The van der Waals surface area contributed by atoms with E-state index >= 15 is 0 Å². The summed E-state index contributed by atoms with van der Waals surface area (Å²) in [4.78, 5) is 58.4. The van der Waals surface area contributed by atoms with E-state index in [0.29, 0.717) is 22.9 Å². The summed E-state index contributed by atoms with van der Waals surface area (Å²) >= 11 is 2.79. The van der Waals surface area contributed by atoms with E-state index < -0.39 is 27.8 Å². The number of carbonyl (C=O) groups is 3. The zero-order chi connectivity index (χ0) is 35.1. The Morgan fingerprint density at radius 3 is 2.36 bits per heavy atom. The molecule has 15 heteroatoms. The molecule has 8 rings (SSSR count). The highest BCUT2D eigenvalue weighted by Gasteiger charge is 2.69. The van der Waals surface area contributed by atoms with Crippen molar-refractivity contribution in [2.75, 3.05) is 23.9 Å². The highest BCUT2D eigenvalue weighted by molar-refractivity contribution is 8.00. The second-order valence-electron chi connectivity index (χ2n) is 13.1. The standard InChI is InChI=1S/C35H32N4O8S3/c1-16-3-8-19(9-4-16)39-33(41)28-21-14-22(29(28)34(39)42)30-27(21)26(31-32(48-30)38-35(43)49-31)17-5-12-23(24(13-17)46-2)47-15-25(40)37-18-6-10-20(11-7-18)50(36,44)45/h3-13,21-22,26-30H,14-15H2,1-2H3,(H,37,40)(H,38,43)(H2,36,44,45)/t21?,22?,26-,27?,28?,29?,30?/m1/s1. The predicted octanol–water partition coefficient (Wildman–Crippen LogP) is 4.10. The molecule has 0 radical (unpaired) electrons. The summed E-state index contributed by atoms with van der Waals surface area (Å²) in [5.41, 5.74) is 2.90. The predicted molar refractivity (Wildman–Crippen MR) is 187 cm³/mol. The van der Waals surface area contributed by atoms with Gasteiger partial charge >= 0.3 is 4.87 Å². The molecule has 3 heterocycles. The Hall–Kier alpha value is -4.44. The highest BCUT2D eigenvalue weighted by atomic mass is 32.2. The molecule has 7 atom stereocenters. The molecule has 0 spiro atoms. The van der Waals surface area contributed by atoms with Gasteiger partial charge in [-0.25, -0.2) is 13.6 Å². The van der Waals surface area contributed by atoms with E-state index in [-0.39, 0.29) is 57.1 Å². The summed E-state index contributed by atoms with van der Waals surface area (Å²) in [6, 6.07) is 18.4. The molecule has 3 aromatic carbocycles. The largest absolute Gasteiger partial charge is 0.493 e. The molecular weight excluding hydrogens is 701 g/mol. The fourth-order valence-corrected chi connectivity index (χ4v) is 11.8. The molecule has 3 fully saturated rings. The van der Waals surface area contributed by atoms with Gasteiger partial charge in [0, 0.05) is 21.7 Å². The maximum Gasteiger partial charge on any atom is 0.305 e. The number of anilines is 2. The number of thiazole rings is 1. The number of thioether (sulfide) groups is 1. The minimum Gasteiger partial charge on any atom is -0.493 e. The summed E-state index contributed by atoms with van der Waals surface area (Å²) < 4.78 is 34.6. The normalized spacial score (nSPS) is 26.4. The van der Waals surface area contributed by atoms with Crippen molar-refractivity contribution in [1.82, 2.24) is 4.98 Å². The van der Waals surface area contributed by atoms with Crippen LogP contribution in [0.15, 0.2) is 81.4 Å². The molecule has 2 saturated carbocycles. The van der Waals surface area contributed by atoms with Crippen molar-refractivity contribution in [3.63, 3.8) is 0 Å². The van der Waals surface area contributed by atoms with Crippen LogP contribution in [-0.2, 0) is 24.4 Å². The number of aryl methyl sites for hydroxylation is 1. The minimum atomic E-state index is -3.86. The molecule has 50 heavy (non-hydrogen) atoms. The number of nitrogens with two attached hydrogens (primary N) is 1.